The Morgan fingerprint density at radius 2 is 1.66 bits per heavy atom. The summed E-state index contributed by atoms with van der Waals surface area (Å²) in [5, 5.41) is 1.30. The summed E-state index contributed by atoms with van der Waals surface area (Å²) >= 11 is 8.66. The Bertz CT molecular complexity index is 1520. The number of rotatable bonds is 5. The van der Waals surface area contributed by atoms with Gasteiger partial charge in [0.2, 0.25) is 0 Å². The summed E-state index contributed by atoms with van der Waals surface area (Å²) in [6.07, 6.45) is 1.68. The molecule has 0 atom stereocenters. The first kappa shape index (κ1) is 23.6. The predicted octanol–water partition coefficient (Wildman–Crippen LogP) is 3.56. The number of thiazole rings is 1. The van der Waals surface area contributed by atoms with Crippen molar-refractivity contribution in [2.45, 2.75) is 25.3 Å². The molecule has 3 heterocycles. The Kier molecular flexibility index (Phi) is 6.39. The van der Waals surface area contributed by atoms with Gasteiger partial charge in [0.15, 0.2) is 5.11 Å². The van der Waals surface area contributed by atoms with Gasteiger partial charge in [-0.2, -0.15) is 0 Å². The lowest BCUT2D eigenvalue weighted by Crippen LogP contribution is -2.36. The van der Waals surface area contributed by atoms with Gasteiger partial charge in [-0.3, -0.25) is 24.0 Å². The van der Waals surface area contributed by atoms with Crippen molar-refractivity contribution in [1.82, 2.24) is 9.47 Å². The molecule has 0 N–H and O–H groups in total. The molecule has 9 heteroatoms. The zero-order valence-electron chi connectivity index (χ0n) is 19.4. The molecule has 0 spiro atoms. The number of thioether (sulfide) groups is 1. The molecule has 5 rings (SSSR count). The summed E-state index contributed by atoms with van der Waals surface area (Å²) in [5.41, 5.74) is 2.15. The van der Waals surface area contributed by atoms with Crippen LogP contribution in [-0.4, -0.2) is 33.6 Å². The van der Waals surface area contributed by atoms with Gasteiger partial charge in [-0.25, -0.2) is 0 Å². The summed E-state index contributed by atoms with van der Waals surface area (Å²) in [5.74, 6) is -0.202. The number of allylic oxidation sites excluding steroid dienone is 1. The summed E-state index contributed by atoms with van der Waals surface area (Å²) in [4.78, 5) is 34.1. The molecule has 0 aliphatic carbocycles. The fraction of sp³-hybridized carbons (Fsp3) is 0.192. The number of hydrogen-bond donors (Lipinski definition) is 0. The monoisotopic (exact) mass is 520 g/mol. The number of fused-ring (bicyclic) bond motifs is 1. The summed E-state index contributed by atoms with van der Waals surface area (Å²) in [7, 11) is 0. The van der Waals surface area contributed by atoms with Crippen LogP contribution >= 0.6 is 35.3 Å². The van der Waals surface area contributed by atoms with Crippen molar-refractivity contribution in [3.63, 3.8) is 0 Å². The van der Waals surface area contributed by atoms with Crippen LogP contribution in [0.1, 0.15) is 13.8 Å². The lowest BCUT2D eigenvalue weighted by atomic mass is 10.3. The molecular formula is C26H24N4O2S3. The first-order valence-corrected chi connectivity index (χ1v) is 13.4. The number of nitrogens with zero attached hydrogens (tertiary/aromatic N) is 4. The predicted molar refractivity (Wildman–Crippen MR) is 149 cm³/mol. The van der Waals surface area contributed by atoms with Crippen LogP contribution in [0.25, 0.3) is 10.7 Å². The molecular weight excluding hydrogens is 497 g/mol. The van der Waals surface area contributed by atoms with Crippen LogP contribution in [0.4, 0.5) is 11.4 Å². The molecule has 1 amide bonds. The quantitative estimate of drug-likeness (QED) is 0.379. The number of carbonyl (C=O) groups excluding carboxylic acids is 1. The van der Waals surface area contributed by atoms with E-state index in [2.05, 4.69) is 30.5 Å². The molecule has 0 unspecified atom stereocenters. The Morgan fingerprint density at radius 1 is 0.971 bits per heavy atom. The highest BCUT2D eigenvalue weighted by Gasteiger charge is 2.40. The van der Waals surface area contributed by atoms with E-state index in [-0.39, 0.29) is 11.5 Å². The first-order valence-electron chi connectivity index (χ1n) is 11.4. The molecule has 35 heavy (non-hydrogen) atoms. The van der Waals surface area contributed by atoms with Gasteiger partial charge in [-0.15, -0.1) is 17.9 Å². The number of thiocarbonyl (C=S) groups is 1. The number of likely N-dealkylation sites (N-methyl/N-ethyl adjacent to an activating group) is 1. The molecule has 1 fully saturated rings. The largest absolute Gasteiger partial charge is 0.334 e. The van der Waals surface area contributed by atoms with Crippen molar-refractivity contribution in [2.75, 3.05) is 22.9 Å². The number of anilines is 2. The maximum absolute atomic E-state index is 13.8. The lowest BCUT2D eigenvalue weighted by Gasteiger charge is -2.19. The van der Waals surface area contributed by atoms with Crippen molar-refractivity contribution < 1.29 is 4.79 Å². The molecule has 2 aliphatic heterocycles. The van der Waals surface area contributed by atoms with Crippen LogP contribution < -0.4 is 24.6 Å². The molecule has 1 aromatic heterocycles. The van der Waals surface area contributed by atoms with Crippen LogP contribution in [0.5, 0.6) is 0 Å². The molecule has 1 saturated heterocycles. The molecule has 6 nitrogen and oxygen atoms in total. The lowest BCUT2D eigenvalue weighted by molar-refractivity contribution is -0.120. The van der Waals surface area contributed by atoms with E-state index < -0.39 is 0 Å². The SMILES string of the molecule is C=CCn1c(=C2C(=O)N(CC)C(=S)N2c2ccccc2)s/c(=C2/Sc3ccccc3N2CC)c1=O. The minimum atomic E-state index is -0.202. The third-order valence-electron chi connectivity index (χ3n) is 5.94. The Balaban J connectivity index is 1.85. The van der Waals surface area contributed by atoms with E-state index in [0.717, 1.165) is 27.8 Å². The Morgan fingerprint density at radius 3 is 2.34 bits per heavy atom. The van der Waals surface area contributed by atoms with Gasteiger partial charge in [-0.05, 0) is 50.3 Å². The summed E-state index contributed by atoms with van der Waals surface area (Å²) in [6, 6.07) is 17.7. The molecule has 2 aliphatic rings. The molecule has 178 valence electrons. The number of carbonyl (C=O) groups is 1. The Hall–Kier alpha value is -3.14. The summed E-state index contributed by atoms with van der Waals surface area (Å²) in [6.45, 7) is 9.29. The van der Waals surface area contributed by atoms with Crippen molar-refractivity contribution in [2.24, 2.45) is 0 Å². The topological polar surface area (TPSA) is 48.8 Å². The van der Waals surface area contributed by atoms with Crippen molar-refractivity contribution >= 4 is 68.4 Å². The highest BCUT2D eigenvalue weighted by molar-refractivity contribution is 8.08. The minimum absolute atomic E-state index is 0.132. The minimum Gasteiger partial charge on any atom is -0.334 e. The van der Waals surface area contributed by atoms with Gasteiger partial charge in [0, 0.05) is 30.2 Å². The average molecular weight is 521 g/mol. The molecule has 0 radical (unpaired) electrons. The van der Waals surface area contributed by atoms with Gasteiger partial charge in [-0.1, -0.05) is 48.2 Å². The molecule has 2 aromatic carbocycles. The third kappa shape index (κ3) is 3.74. The van der Waals surface area contributed by atoms with E-state index >= 15 is 0 Å². The molecule has 3 aromatic rings. The van der Waals surface area contributed by atoms with E-state index in [1.54, 1.807) is 32.2 Å². The number of hydrogen-bond acceptors (Lipinski definition) is 6. The zero-order valence-corrected chi connectivity index (χ0v) is 21.9. The standard InChI is InChI=1S/C26H24N4O2S3/c1-4-16-29-23(32)21(25-27(5-2)18-14-10-11-15-19(18)34-25)35-24(29)20-22(31)28(6-3)26(33)30(20)17-12-8-7-9-13-17/h4,7-15H,1,5-6,16H2,2-3H3/b24-20?,25-21+. The number of benzene rings is 2. The smallest absolute Gasteiger partial charge is 0.280 e. The third-order valence-corrected chi connectivity index (χ3v) is 8.83. The highest BCUT2D eigenvalue weighted by atomic mass is 32.2. The highest BCUT2D eigenvalue weighted by Crippen LogP contribution is 2.45. The second-order valence-electron chi connectivity index (χ2n) is 7.91. The van der Waals surface area contributed by atoms with Gasteiger partial charge in [0.25, 0.3) is 11.5 Å². The van der Waals surface area contributed by atoms with Crippen LogP contribution in [0.15, 0.2) is 76.9 Å². The van der Waals surface area contributed by atoms with Gasteiger partial charge >= 0.3 is 0 Å². The van der Waals surface area contributed by atoms with E-state index in [0.29, 0.717) is 33.1 Å². The first-order chi connectivity index (χ1) is 17.0. The average Bonchev–Trinajstić information content (AvgIpc) is 3.48. The van der Waals surface area contributed by atoms with Crippen molar-refractivity contribution in [1.29, 1.82) is 0 Å². The summed E-state index contributed by atoms with van der Waals surface area (Å²) < 4.78 is 2.83. The van der Waals surface area contributed by atoms with Crippen LogP contribution in [0, 0.1) is 0 Å². The van der Waals surface area contributed by atoms with Gasteiger partial charge in [0.1, 0.15) is 19.9 Å². The Labute approximate surface area is 217 Å². The van der Waals surface area contributed by atoms with Crippen LogP contribution in [-0.2, 0) is 11.3 Å². The number of aromatic nitrogens is 1. The van der Waals surface area contributed by atoms with E-state index in [4.69, 9.17) is 12.2 Å². The molecule has 0 saturated carbocycles. The fourth-order valence-corrected chi connectivity index (χ4v) is 7.29. The van der Waals surface area contributed by atoms with Crippen LogP contribution in [0.3, 0.4) is 0 Å². The van der Waals surface area contributed by atoms with Gasteiger partial charge < -0.3 is 4.90 Å². The number of amides is 1. The number of para-hydroxylation sites is 2. The van der Waals surface area contributed by atoms with Crippen LogP contribution in [0.2, 0.25) is 0 Å². The maximum Gasteiger partial charge on any atom is 0.280 e. The zero-order chi connectivity index (χ0) is 24.7. The second-order valence-corrected chi connectivity index (χ2v) is 10.3. The van der Waals surface area contributed by atoms with Crippen molar-refractivity contribution in [3.05, 3.63) is 86.8 Å². The second kappa shape index (κ2) is 9.49. The normalized spacial score (nSPS) is 18.5. The fourth-order valence-electron chi connectivity index (χ4n) is 4.34. The van der Waals surface area contributed by atoms with E-state index in [1.165, 1.54) is 11.3 Å². The molecule has 0 bridgehead atoms. The maximum atomic E-state index is 13.8. The van der Waals surface area contributed by atoms with E-state index in [9.17, 15) is 9.59 Å². The van der Waals surface area contributed by atoms with Gasteiger partial charge in [0.05, 0.1) is 5.69 Å². The van der Waals surface area contributed by atoms with E-state index in [1.807, 2.05) is 49.4 Å². The van der Waals surface area contributed by atoms with Crippen molar-refractivity contribution in [3.8, 4) is 0 Å².